The molecule has 2 rings (SSSR count). The smallest absolute Gasteiger partial charge is 0.234 e. The third-order valence-electron chi connectivity index (χ3n) is 3.79. The molecule has 2 N–H and O–H groups in total. The Morgan fingerprint density at radius 1 is 0.958 bits per heavy atom. The predicted molar refractivity (Wildman–Crippen MR) is 95.4 cm³/mol. The molecule has 5 heteroatoms. The van der Waals surface area contributed by atoms with Gasteiger partial charge in [0.05, 0.1) is 12.5 Å². The highest BCUT2D eigenvalue weighted by atomic mass is 16.5. The first kappa shape index (κ1) is 17.5. The monoisotopic (exact) mass is 326 g/mol. The van der Waals surface area contributed by atoms with Crippen molar-refractivity contribution < 1.29 is 14.3 Å². The minimum atomic E-state index is -0.781. The average Bonchev–Trinajstić information content (AvgIpc) is 2.54. The molecular weight excluding hydrogens is 304 g/mol. The molecule has 24 heavy (non-hydrogen) atoms. The second-order valence-electron chi connectivity index (χ2n) is 6.04. The Bertz CT molecular complexity index is 754. The van der Waals surface area contributed by atoms with Crippen LogP contribution in [-0.2, 0) is 15.0 Å². The average molecular weight is 326 g/mol. The zero-order chi connectivity index (χ0) is 17.7. The molecule has 0 aromatic heterocycles. The lowest BCUT2D eigenvalue weighted by Gasteiger charge is -2.26. The Kier molecular flexibility index (Phi) is 5.24. The van der Waals surface area contributed by atoms with Gasteiger partial charge in [-0.3, -0.25) is 9.59 Å². The Morgan fingerprint density at radius 2 is 1.58 bits per heavy atom. The molecule has 0 heterocycles. The van der Waals surface area contributed by atoms with Crippen LogP contribution in [0.15, 0.2) is 48.5 Å². The van der Waals surface area contributed by atoms with E-state index in [9.17, 15) is 9.59 Å². The maximum atomic E-state index is 12.8. The van der Waals surface area contributed by atoms with E-state index in [0.29, 0.717) is 17.1 Å². The van der Waals surface area contributed by atoms with Gasteiger partial charge in [0.25, 0.3) is 0 Å². The predicted octanol–water partition coefficient (Wildman–Crippen LogP) is 3.57. The lowest BCUT2D eigenvalue weighted by Crippen LogP contribution is -2.35. The van der Waals surface area contributed by atoms with E-state index in [0.717, 1.165) is 5.56 Å². The van der Waals surface area contributed by atoms with Crippen LogP contribution in [0.3, 0.4) is 0 Å². The summed E-state index contributed by atoms with van der Waals surface area (Å²) in [6.07, 6.45) is 0. The van der Waals surface area contributed by atoms with E-state index in [1.807, 2.05) is 38.1 Å². The molecule has 126 valence electrons. The Balaban J connectivity index is 2.23. The van der Waals surface area contributed by atoms with E-state index in [1.165, 1.54) is 6.92 Å². The van der Waals surface area contributed by atoms with E-state index in [2.05, 4.69) is 10.6 Å². The van der Waals surface area contributed by atoms with Gasteiger partial charge >= 0.3 is 0 Å². The summed E-state index contributed by atoms with van der Waals surface area (Å²) in [5, 5.41) is 5.60. The number of carbonyl (C=O) groups is 2. The summed E-state index contributed by atoms with van der Waals surface area (Å²) in [7, 11) is 1.59. The van der Waals surface area contributed by atoms with Gasteiger partial charge in [0, 0.05) is 23.9 Å². The Morgan fingerprint density at radius 3 is 2.21 bits per heavy atom. The number of para-hydroxylation sites is 1. The summed E-state index contributed by atoms with van der Waals surface area (Å²) in [4.78, 5) is 23.9. The molecular formula is C19H22N2O3. The van der Waals surface area contributed by atoms with Gasteiger partial charge in [0.2, 0.25) is 11.8 Å². The number of amides is 2. The van der Waals surface area contributed by atoms with E-state index in [4.69, 9.17) is 4.74 Å². The number of ether oxygens (including phenoxy) is 1. The van der Waals surface area contributed by atoms with Crippen LogP contribution in [0, 0.1) is 0 Å². The Hall–Kier alpha value is -2.82. The highest BCUT2D eigenvalue weighted by molar-refractivity contribution is 5.99. The molecule has 2 aromatic rings. The first-order valence-electron chi connectivity index (χ1n) is 7.67. The maximum Gasteiger partial charge on any atom is 0.234 e. The summed E-state index contributed by atoms with van der Waals surface area (Å²) < 4.78 is 5.37. The summed E-state index contributed by atoms with van der Waals surface area (Å²) in [5.74, 6) is 0.351. The van der Waals surface area contributed by atoms with Crippen molar-refractivity contribution in [3.05, 3.63) is 54.1 Å². The first-order chi connectivity index (χ1) is 11.3. The summed E-state index contributed by atoms with van der Waals surface area (Å²) in [5.41, 5.74) is 1.28. The maximum absolute atomic E-state index is 12.8. The standard InChI is InChI=1S/C19H22N2O3/c1-13(22)20-14-8-7-9-15(12-14)21-18(23)19(2,3)16-10-5-6-11-17(16)24-4/h5-12H,1-4H3,(H,20,22)(H,21,23). The number of hydrogen-bond donors (Lipinski definition) is 2. The van der Waals surface area contributed by atoms with Gasteiger partial charge in [0.15, 0.2) is 0 Å². The molecule has 2 amide bonds. The second-order valence-corrected chi connectivity index (χ2v) is 6.04. The number of benzene rings is 2. The molecule has 0 aliphatic carbocycles. The zero-order valence-electron chi connectivity index (χ0n) is 14.3. The molecule has 2 aromatic carbocycles. The summed E-state index contributed by atoms with van der Waals surface area (Å²) >= 11 is 0. The van der Waals surface area contributed by atoms with Gasteiger partial charge < -0.3 is 15.4 Å². The SMILES string of the molecule is COc1ccccc1C(C)(C)C(=O)Nc1cccc(NC(C)=O)c1. The number of nitrogens with one attached hydrogen (secondary N) is 2. The fraction of sp³-hybridized carbons (Fsp3) is 0.263. The minimum Gasteiger partial charge on any atom is -0.496 e. The van der Waals surface area contributed by atoms with Crippen molar-refractivity contribution in [2.75, 3.05) is 17.7 Å². The van der Waals surface area contributed by atoms with E-state index in [1.54, 1.807) is 31.4 Å². The van der Waals surface area contributed by atoms with Crippen molar-refractivity contribution in [1.29, 1.82) is 0 Å². The van der Waals surface area contributed by atoms with Crippen molar-refractivity contribution >= 4 is 23.2 Å². The van der Waals surface area contributed by atoms with E-state index in [-0.39, 0.29) is 11.8 Å². The van der Waals surface area contributed by atoms with Crippen LogP contribution in [0.4, 0.5) is 11.4 Å². The van der Waals surface area contributed by atoms with E-state index < -0.39 is 5.41 Å². The van der Waals surface area contributed by atoms with Gasteiger partial charge in [-0.2, -0.15) is 0 Å². The molecule has 0 unspecified atom stereocenters. The minimum absolute atomic E-state index is 0.159. The van der Waals surface area contributed by atoms with E-state index >= 15 is 0 Å². The van der Waals surface area contributed by atoms with Crippen LogP contribution in [0.25, 0.3) is 0 Å². The number of anilines is 2. The van der Waals surface area contributed by atoms with Crippen molar-refractivity contribution in [2.45, 2.75) is 26.2 Å². The Labute approximate surface area is 142 Å². The van der Waals surface area contributed by atoms with Crippen molar-refractivity contribution in [2.24, 2.45) is 0 Å². The van der Waals surface area contributed by atoms with Crippen LogP contribution in [0.5, 0.6) is 5.75 Å². The third-order valence-corrected chi connectivity index (χ3v) is 3.79. The number of carbonyl (C=O) groups excluding carboxylic acids is 2. The van der Waals surface area contributed by atoms with Crippen molar-refractivity contribution in [3.63, 3.8) is 0 Å². The van der Waals surface area contributed by atoms with Gasteiger partial charge in [-0.1, -0.05) is 24.3 Å². The van der Waals surface area contributed by atoms with Crippen molar-refractivity contribution in [3.8, 4) is 5.75 Å². The molecule has 0 aliphatic rings. The number of hydrogen-bond acceptors (Lipinski definition) is 3. The summed E-state index contributed by atoms with van der Waals surface area (Å²) in [6, 6.07) is 14.5. The lowest BCUT2D eigenvalue weighted by atomic mass is 9.83. The van der Waals surface area contributed by atoms with Crippen LogP contribution in [0.1, 0.15) is 26.3 Å². The fourth-order valence-corrected chi connectivity index (χ4v) is 2.45. The molecule has 5 nitrogen and oxygen atoms in total. The van der Waals surface area contributed by atoms with Gasteiger partial charge in [-0.15, -0.1) is 0 Å². The molecule has 0 saturated carbocycles. The quantitative estimate of drug-likeness (QED) is 0.882. The lowest BCUT2D eigenvalue weighted by molar-refractivity contribution is -0.120. The van der Waals surface area contributed by atoms with Crippen molar-refractivity contribution in [1.82, 2.24) is 0 Å². The van der Waals surface area contributed by atoms with Crippen LogP contribution >= 0.6 is 0 Å². The number of rotatable bonds is 5. The zero-order valence-corrected chi connectivity index (χ0v) is 14.3. The van der Waals surface area contributed by atoms with Gasteiger partial charge in [-0.25, -0.2) is 0 Å². The molecule has 0 spiro atoms. The third kappa shape index (κ3) is 3.93. The fourth-order valence-electron chi connectivity index (χ4n) is 2.45. The first-order valence-corrected chi connectivity index (χ1v) is 7.67. The topological polar surface area (TPSA) is 67.4 Å². The number of methoxy groups -OCH3 is 1. The van der Waals surface area contributed by atoms with Gasteiger partial charge in [-0.05, 0) is 38.1 Å². The highest BCUT2D eigenvalue weighted by Crippen LogP contribution is 2.32. The van der Waals surface area contributed by atoms with Crippen LogP contribution in [0.2, 0.25) is 0 Å². The summed E-state index contributed by atoms with van der Waals surface area (Å²) in [6.45, 7) is 5.13. The van der Waals surface area contributed by atoms with Crippen LogP contribution in [-0.4, -0.2) is 18.9 Å². The molecule has 0 fully saturated rings. The second kappa shape index (κ2) is 7.17. The molecule has 0 saturated heterocycles. The highest BCUT2D eigenvalue weighted by Gasteiger charge is 2.32. The molecule has 0 bridgehead atoms. The molecule has 0 aliphatic heterocycles. The largest absolute Gasteiger partial charge is 0.496 e. The molecule has 0 atom stereocenters. The molecule has 0 radical (unpaired) electrons. The van der Waals surface area contributed by atoms with Crippen LogP contribution < -0.4 is 15.4 Å². The normalized spacial score (nSPS) is 10.8. The van der Waals surface area contributed by atoms with Gasteiger partial charge in [0.1, 0.15) is 5.75 Å².